The minimum absolute atomic E-state index is 0.308. The third-order valence-electron chi connectivity index (χ3n) is 3.16. The fourth-order valence-corrected chi connectivity index (χ4v) is 3.70. The number of benzene rings is 1. The van der Waals surface area contributed by atoms with Crippen LogP contribution in [0.15, 0.2) is 47.5 Å². The minimum Gasteiger partial charge on any atom is -0.298 e. The lowest BCUT2D eigenvalue weighted by molar-refractivity contribution is 0.626. The number of allylic oxidation sites excluding steroid dienone is 1. The molecule has 0 N–H and O–H groups in total. The van der Waals surface area contributed by atoms with E-state index >= 15 is 0 Å². The summed E-state index contributed by atoms with van der Waals surface area (Å²) in [6.07, 6.45) is 1.75. The fraction of sp³-hybridized carbons (Fsp3) is 0.188. The first-order chi connectivity index (χ1) is 11.2. The number of hydrogen-bond donors (Lipinski definition) is 0. The average Bonchev–Trinajstić information content (AvgIpc) is 3.13. The molecule has 0 spiro atoms. The molecule has 0 bridgehead atoms. The summed E-state index contributed by atoms with van der Waals surface area (Å²) >= 11 is 3.16. The summed E-state index contributed by atoms with van der Waals surface area (Å²) in [5, 5.41) is 12.2. The molecule has 0 saturated carbocycles. The maximum atomic E-state index is 14.0. The van der Waals surface area contributed by atoms with E-state index in [2.05, 4.69) is 21.8 Å². The van der Waals surface area contributed by atoms with E-state index in [1.807, 2.05) is 16.9 Å². The molecule has 0 aliphatic rings. The van der Waals surface area contributed by atoms with Gasteiger partial charge in [-0.25, -0.2) is 9.37 Å². The first-order valence-electron chi connectivity index (χ1n) is 7.02. The average molecular weight is 346 g/mol. The van der Waals surface area contributed by atoms with Gasteiger partial charge in [-0.3, -0.25) is 4.57 Å². The number of hydrogen-bond acceptors (Lipinski definition) is 5. The largest absolute Gasteiger partial charge is 0.298 e. The van der Waals surface area contributed by atoms with Gasteiger partial charge in [0.15, 0.2) is 11.0 Å². The van der Waals surface area contributed by atoms with Gasteiger partial charge in [-0.2, -0.15) is 0 Å². The topological polar surface area (TPSA) is 43.6 Å². The molecule has 1 aromatic carbocycles. The molecule has 2 aromatic heterocycles. The van der Waals surface area contributed by atoms with Crippen LogP contribution >= 0.6 is 23.1 Å². The van der Waals surface area contributed by atoms with Crippen molar-refractivity contribution in [2.75, 3.05) is 0 Å². The molecule has 7 heteroatoms. The van der Waals surface area contributed by atoms with Crippen LogP contribution in [-0.2, 0) is 12.3 Å². The predicted octanol–water partition coefficient (Wildman–Crippen LogP) is 4.33. The van der Waals surface area contributed by atoms with Crippen molar-refractivity contribution in [1.82, 2.24) is 19.7 Å². The second kappa shape index (κ2) is 7.06. The highest BCUT2D eigenvalue weighted by Crippen LogP contribution is 2.28. The van der Waals surface area contributed by atoms with Crippen LogP contribution in [0, 0.1) is 12.7 Å². The number of aryl methyl sites for hydroxylation is 1. The van der Waals surface area contributed by atoms with Gasteiger partial charge in [0, 0.05) is 17.7 Å². The molecule has 4 nitrogen and oxygen atoms in total. The molecule has 0 amide bonds. The molecule has 3 rings (SSSR count). The molecule has 23 heavy (non-hydrogen) atoms. The van der Waals surface area contributed by atoms with Crippen molar-refractivity contribution in [2.45, 2.75) is 24.4 Å². The SMILES string of the molecule is C=CCn1c(SCc2csc(C)n2)nnc1-c1ccccc1F. The number of thioether (sulfide) groups is 1. The van der Waals surface area contributed by atoms with Gasteiger partial charge in [0.2, 0.25) is 0 Å². The minimum atomic E-state index is -0.308. The van der Waals surface area contributed by atoms with E-state index < -0.39 is 0 Å². The van der Waals surface area contributed by atoms with Gasteiger partial charge in [0.25, 0.3) is 0 Å². The van der Waals surface area contributed by atoms with Gasteiger partial charge in [-0.1, -0.05) is 30.0 Å². The van der Waals surface area contributed by atoms with Gasteiger partial charge in [-0.05, 0) is 19.1 Å². The standard InChI is InChI=1S/C16H15FN4S2/c1-3-8-21-15(13-6-4-5-7-14(13)17)19-20-16(21)23-10-12-9-22-11(2)18-12/h3-7,9H,1,8,10H2,2H3. The number of thiazole rings is 1. The van der Waals surface area contributed by atoms with E-state index in [4.69, 9.17) is 0 Å². The summed E-state index contributed by atoms with van der Waals surface area (Å²) in [4.78, 5) is 4.44. The summed E-state index contributed by atoms with van der Waals surface area (Å²) in [7, 11) is 0. The maximum Gasteiger partial charge on any atom is 0.192 e. The van der Waals surface area contributed by atoms with E-state index in [9.17, 15) is 4.39 Å². The molecule has 2 heterocycles. The Balaban J connectivity index is 1.89. The predicted molar refractivity (Wildman–Crippen MR) is 92.0 cm³/mol. The molecule has 0 aliphatic heterocycles. The highest BCUT2D eigenvalue weighted by atomic mass is 32.2. The van der Waals surface area contributed by atoms with Crippen LogP contribution in [0.4, 0.5) is 4.39 Å². The third-order valence-corrected chi connectivity index (χ3v) is 4.98. The van der Waals surface area contributed by atoms with Crippen LogP contribution in [0.2, 0.25) is 0 Å². The summed E-state index contributed by atoms with van der Waals surface area (Å²) in [6.45, 7) is 6.27. The zero-order valence-corrected chi connectivity index (χ0v) is 14.2. The van der Waals surface area contributed by atoms with E-state index in [0.29, 0.717) is 23.7 Å². The molecular formula is C16H15FN4S2. The summed E-state index contributed by atoms with van der Waals surface area (Å²) in [6, 6.07) is 6.58. The van der Waals surface area contributed by atoms with E-state index in [0.717, 1.165) is 15.9 Å². The number of halogens is 1. The highest BCUT2D eigenvalue weighted by Gasteiger charge is 2.16. The second-order valence-corrected chi connectivity index (χ2v) is 6.84. The van der Waals surface area contributed by atoms with Crippen LogP contribution in [0.1, 0.15) is 10.7 Å². The van der Waals surface area contributed by atoms with Crippen molar-refractivity contribution < 1.29 is 4.39 Å². The van der Waals surface area contributed by atoms with Crippen LogP contribution in [-0.4, -0.2) is 19.7 Å². The summed E-state index contributed by atoms with van der Waals surface area (Å²) in [5.41, 5.74) is 1.45. The smallest absolute Gasteiger partial charge is 0.192 e. The van der Waals surface area contributed by atoms with Crippen molar-refractivity contribution in [3.63, 3.8) is 0 Å². The Morgan fingerprint density at radius 2 is 2.17 bits per heavy atom. The fourth-order valence-electron chi connectivity index (χ4n) is 2.14. The lowest BCUT2D eigenvalue weighted by Crippen LogP contribution is -2.01. The Kier molecular flexibility index (Phi) is 4.88. The molecule has 118 valence electrons. The normalized spacial score (nSPS) is 10.9. The molecule has 0 fully saturated rings. The van der Waals surface area contributed by atoms with Crippen LogP contribution in [0.3, 0.4) is 0 Å². The molecular weight excluding hydrogens is 331 g/mol. The lowest BCUT2D eigenvalue weighted by atomic mass is 10.2. The van der Waals surface area contributed by atoms with Crippen molar-refractivity contribution in [3.05, 3.63) is 58.8 Å². The Labute approximate surface area is 142 Å². The molecule has 0 unspecified atom stereocenters. The lowest BCUT2D eigenvalue weighted by Gasteiger charge is -2.07. The number of rotatable bonds is 6. The molecule has 3 aromatic rings. The monoisotopic (exact) mass is 346 g/mol. The van der Waals surface area contributed by atoms with Gasteiger partial charge in [0.05, 0.1) is 16.3 Å². The first kappa shape index (κ1) is 15.9. The van der Waals surface area contributed by atoms with Crippen LogP contribution < -0.4 is 0 Å². The Bertz CT molecular complexity index is 825. The Hall–Kier alpha value is -1.99. The molecule has 0 atom stereocenters. The quantitative estimate of drug-likeness (QED) is 0.492. The zero-order chi connectivity index (χ0) is 16.2. The van der Waals surface area contributed by atoms with Crippen LogP contribution in [0.25, 0.3) is 11.4 Å². The van der Waals surface area contributed by atoms with Crippen molar-refractivity contribution >= 4 is 23.1 Å². The first-order valence-corrected chi connectivity index (χ1v) is 8.88. The Morgan fingerprint density at radius 3 is 2.87 bits per heavy atom. The highest BCUT2D eigenvalue weighted by molar-refractivity contribution is 7.98. The maximum absolute atomic E-state index is 14.0. The van der Waals surface area contributed by atoms with E-state index in [1.165, 1.54) is 17.8 Å². The third kappa shape index (κ3) is 3.51. The van der Waals surface area contributed by atoms with Gasteiger partial charge < -0.3 is 0 Å². The van der Waals surface area contributed by atoms with E-state index in [-0.39, 0.29) is 5.82 Å². The molecule has 0 radical (unpaired) electrons. The van der Waals surface area contributed by atoms with E-state index in [1.54, 1.807) is 35.6 Å². The van der Waals surface area contributed by atoms with Crippen LogP contribution in [0.5, 0.6) is 0 Å². The number of aromatic nitrogens is 4. The molecule has 0 aliphatic carbocycles. The summed E-state index contributed by atoms with van der Waals surface area (Å²) < 4.78 is 15.9. The Morgan fingerprint density at radius 1 is 1.35 bits per heavy atom. The van der Waals surface area contributed by atoms with Gasteiger partial charge in [0.1, 0.15) is 5.82 Å². The van der Waals surface area contributed by atoms with Crippen molar-refractivity contribution in [3.8, 4) is 11.4 Å². The van der Waals surface area contributed by atoms with Crippen molar-refractivity contribution in [1.29, 1.82) is 0 Å². The van der Waals surface area contributed by atoms with Gasteiger partial charge in [-0.15, -0.1) is 28.1 Å². The summed E-state index contributed by atoms with van der Waals surface area (Å²) in [5.74, 6) is 0.911. The van der Waals surface area contributed by atoms with Gasteiger partial charge >= 0.3 is 0 Å². The second-order valence-electron chi connectivity index (χ2n) is 4.83. The molecule has 0 saturated heterocycles. The number of nitrogens with zero attached hydrogens (tertiary/aromatic N) is 4. The zero-order valence-electron chi connectivity index (χ0n) is 12.6. The van der Waals surface area contributed by atoms with Crippen molar-refractivity contribution in [2.24, 2.45) is 0 Å².